The molecular formula is C13H10BrF3N2. The van der Waals surface area contributed by atoms with Crippen molar-refractivity contribution in [1.82, 2.24) is 9.55 Å². The van der Waals surface area contributed by atoms with Crippen molar-refractivity contribution in [2.75, 3.05) is 0 Å². The number of imidazole rings is 1. The molecule has 100 valence electrons. The highest BCUT2D eigenvalue weighted by Gasteiger charge is 2.34. The van der Waals surface area contributed by atoms with Crippen LogP contribution < -0.4 is 0 Å². The lowest BCUT2D eigenvalue weighted by Crippen LogP contribution is -2.04. The van der Waals surface area contributed by atoms with Gasteiger partial charge < -0.3 is 4.57 Å². The van der Waals surface area contributed by atoms with Crippen LogP contribution in [0.2, 0.25) is 0 Å². The van der Waals surface area contributed by atoms with Gasteiger partial charge in [-0.3, -0.25) is 0 Å². The third-order valence-electron chi connectivity index (χ3n) is 2.64. The molecule has 0 saturated carbocycles. The average molecular weight is 331 g/mol. The predicted octanol–water partition coefficient (Wildman–Crippen LogP) is 4.51. The number of rotatable bonds is 2. The van der Waals surface area contributed by atoms with Crippen molar-refractivity contribution in [2.24, 2.45) is 7.05 Å². The smallest absolute Gasteiger partial charge is 0.333 e. The Kier molecular flexibility index (Phi) is 3.54. The molecule has 0 unspecified atom stereocenters. The quantitative estimate of drug-likeness (QED) is 0.792. The van der Waals surface area contributed by atoms with E-state index in [1.165, 1.54) is 11.6 Å². The molecule has 0 N–H and O–H groups in total. The predicted molar refractivity (Wildman–Crippen MR) is 71.4 cm³/mol. The van der Waals surface area contributed by atoms with Crippen LogP contribution in [0.1, 0.15) is 11.3 Å². The largest absolute Gasteiger partial charge is 0.434 e. The van der Waals surface area contributed by atoms with Crippen LogP contribution in [0.4, 0.5) is 13.2 Å². The van der Waals surface area contributed by atoms with Gasteiger partial charge in [0.25, 0.3) is 0 Å². The van der Waals surface area contributed by atoms with Gasteiger partial charge in [-0.15, -0.1) is 0 Å². The zero-order valence-electron chi connectivity index (χ0n) is 10.0. The maximum absolute atomic E-state index is 12.6. The van der Waals surface area contributed by atoms with Crippen LogP contribution in [0.3, 0.4) is 0 Å². The second-order valence-corrected chi connectivity index (χ2v) is 4.91. The summed E-state index contributed by atoms with van der Waals surface area (Å²) >= 11 is 3.31. The summed E-state index contributed by atoms with van der Waals surface area (Å²) in [5, 5.41) is 0. The second-order valence-electron chi connectivity index (χ2n) is 3.99. The normalized spacial score (nSPS) is 11.6. The van der Waals surface area contributed by atoms with Crippen LogP contribution in [0.25, 0.3) is 17.5 Å². The number of alkyl halides is 3. The minimum Gasteiger partial charge on any atom is -0.333 e. The Bertz CT molecular complexity index is 629. The van der Waals surface area contributed by atoms with Gasteiger partial charge in [0.2, 0.25) is 0 Å². The van der Waals surface area contributed by atoms with Crippen molar-refractivity contribution >= 4 is 22.0 Å². The van der Waals surface area contributed by atoms with Crippen molar-refractivity contribution in [3.63, 3.8) is 0 Å². The number of aryl methyl sites for hydroxylation is 1. The first-order valence-corrected chi connectivity index (χ1v) is 6.15. The SMILES string of the molecule is C=Cc1cc(Br)ccc1-c1nc(C(F)(F)F)cn1C. The van der Waals surface area contributed by atoms with Crippen molar-refractivity contribution < 1.29 is 13.2 Å². The fourth-order valence-electron chi connectivity index (χ4n) is 1.76. The highest BCUT2D eigenvalue weighted by atomic mass is 79.9. The summed E-state index contributed by atoms with van der Waals surface area (Å²) in [5.74, 6) is 0.259. The van der Waals surface area contributed by atoms with Gasteiger partial charge in [0.05, 0.1) is 0 Å². The first-order chi connectivity index (χ1) is 8.82. The highest BCUT2D eigenvalue weighted by Crippen LogP contribution is 2.32. The molecule has 0 atom stereocenters. The summed E-state index contributed by atoms with van der Waals surface area (Å²) in [7, 11) is 1.53. The third-order valence-corrected chi connectivity index (χ3v) is 3.13. The van der Waals surface area contributed by atoms with E-state index in [-0.39, 0.29) is 5.82 Å². The lowest BCUT2D eigenvalue weighted by Gasteiger charge is -2.06. The van der Waals surface area contributed by atoms with E-state index in [0.29, 0.717) is 5.56 Å². The van der Waals surface area contributed by atoms with Crippen molar-refractivity contribution in [2.45, 2.75) is 6.18 Å². The molecule has 2 aromatic rings. The van der Waals surface area contributed by atoms with Crippen LogP contribution in [0, 0.1) is 0 Å². The summed E-state index contributed by atoms with van der Waals surface area (Å²) < 4.78 is 40.1. The maximum Gasteiger partial charge on any atom is 0.434 e. The maximum atomic E-state index is 12.6. The number of halogens is 4. The fourth-order valence-corrected chi connectivity index (χ4v) is 2.14. The summed E-state index contributed by atoms with van der Waals surface area (Å²) in [4.78, 5) is 3.66. The van der Waals surface area contributed by atoms with Crippen molar-refractivity contribution in [1.29, 1.82) is 0 Å². The van der Waals surface area contributed by atoms with E-state index in [1.54, 1.807) is 24.3 Å². The van der Waals surface area contributed by atoms with E-state index in [9.17, 15) is 13.2 Å². The summed E-state index contributed by atoms with van der Waals surface area (Å²) in [6.07, 6.45) is -1.88. The minimum absolute atomic E-state index is 0.259. The zero-order valence-corrected chi connectivity index (χ0v) is 11.6. The standard InChI is InChI=1S/C13H10BrF3N2/c1-3-8-6-9(14)4-5-10(8)12-18-11(7-19(12)2)13(15,16)17/h3-7H,1H2,2H3. The molecule has 1 aromatic carbocycles. The van der Waals surface area contributed by atoms with Crippen LogP contribution in [0.5, 0.6) is 0 Å². The molecule has 0 aliphatic carbocycles. The van der Waals surface area contributed by atoms with E-state index >= 15 is 0 Å². The van der Waals surface area contributed by atoms with Gasteiger partial charge in [-0.05, 0) is 23.8 Å². The van der Waals surface area contributed by atoms with E-state index in [2.05, 4.69) is 27.5 Å². The Morgan fingerprint density at radius 1 is 1.37 bits per heavy atom. The van der Waals surface area contributed by atoms with Gasteiger partial charge in [0.1, 0.15) is 5.82 Å². The molecule has 1 heterocycles. The average Bonchev–Trinajstić information content (AvgIpc) is 2.71. The molecular weight excluding hydrogens is 321 g/mol. The molecule has 0 radical (unpaired) electrons. The molecule has 0 bridgehead atoms. The molecule has 19 heavy (non-hydrogen) atoms. The molecule has 0 fully saturated rings. The number of hydrogen-bond acceptors (Lipinski definition) is 1. The monoisotopic (exact) mass is 330 g/mol. The minimum atomic E-state index is -4.44. The fraction of sp³-hybridized carbons (Fsp3) is 0.154. The van der Waals surface area contributed by atoms with Gasteiger partial charge in [0, 0.05) is 23.3 Å². The van der Waals surface area contributed by atoms with Gasteiger partial charge in [0.15, 0.2) is 5.69 Å². The van der Waals surface area contributed by atoms with Gasteiger partial charge in [-0.1, -0.05) is 28.6 Å². The van der Waals surface area contributed by atoms with E-state index < -0.39 is 11.9 Å². The van der Waals surface area contributed by atoms with Crippen LogP contribution in [0.15, 0.2) is 35.4 Å². The number of hydrogen-bond donors (Lipinski definition) is 0. The molecule has 6 heteroatoms. The van der Waals surface area contributed by atoms with Gasteiger partial charge >= 0.3 is 6.18 Å². The third kappa shape index (κ3) is 2.73. The molecule has 0 spiro atoms. The Morgan fingerprint density at radius 2 is 2.05 bits per heavy atom. The Hall–Kier alpha value is -1.56. The summed E-state index contributed by atoms with van der Waals surface area (Å²) in [6.45, 7) is 3.66. The first kappa shape index (κ1) is 13.9. The molecule has 1 aromatic heterocycles. The van der Waals surface area contributed by atoms with Crippen LogP contribution in [-0.2, 0) is 13.2 Å². The molecule has 0 aliphatic heterocycles. The summed E-state index contributed by atoms with van der Waals surface area (Å²) in [6, 6.07) is 5.25. The van der Waals surface area contributed by atoms with Crippen molar-refractivity contribution in [3.8, 4) is 11.4 Å². The number of aromatic nitrogens is 2. The Labute approximate surface area is 116 Å². The van der Waals surface area contributed by atoms with Crippen LogP contribution in [-0.4, -0.2) is 9.55 Å². The van der Waals surface area contributed by atoms with E-state index in [0.717, 1.165) is 16.2 Å². The molecule has 0 saturated heterocycles. The van der Waals surface area contributed by atoms with Gasteiger partial charge in [-0.2, -0.15) is 13.2 Å². The highest BCUT2D eigenvalue weighted by molar-refractivity contribution is 9.10. The topological polar surface area (TPSA) is 17.8 Å². The lowest BCUT2D eigenvalue weighted by atomic mass is 10.1. The number of nitrogens with zero attached hydrogens (tertiary/aromatic N) is 2. The first-order valence-electron chi connectivity index (χ1n) is 5.36. The Morgan fingerprint density at radius 3 is 2.58 bits per heavy atom. The van der Waals surface area contributed by atoms with E-state index in [1.807, 2.05) is 0 Å². The van der Waals surface area contributed by atoms with Crippen molar-refractivity contribution in [3.05, 3.63) is 46.7 Å². The lowest BCUT2D eigenvalue weighted by molar-refractivity contribution is -0.140. The van der Waals surface area contributed by atoms with E-state index in [4.69, 9.17) is 0 Å². The number of benzene rings is 1. The summed E-state index contributed by atoms with van der Waals surface area (Å²) in [5.41, 5.74) is 0.427. The Balaban J connectivity index is 2.60. The molecule has 0 amide bonds. The molecule has 2 rings (SSSR count). The molecule has 2 nitrogen and oxygen atoms in total. The van der Waals surface area contributed by atoms with Gasteiger partial charge in [-0.25, -0.2) is 4.98 Å². The second kappa shape index (κ2) is 4.85. The van der Waals surface area contributed by atoms with Crippen LogP contribution >= 0.6 is 15.9 Å². The molecule has 0 aliphatic rings. The zero-order chi connectivity index (χ0) is 14.2.